The van der Waals surface area contributed by atoms with Gasteiger partial charge in [-0.3, -0.25) is 9.69 Å². The average Bonchev–Trinajstić information content (AvgIpc) is 2.78. The topological polar surface area (TPSA) is 29.5 Å². The van der Waals surface area contributed by atoms with Gasteiger partial charge in [-0.2, -0.15) is 0 Å². The summed E-state index contributed by atoms with van der Waals surface area (Å²) in [4.78, 5) is 14.0. The van der Waals surface area contributed by atoms with Crippen LogP contribution in [0, 0.1) is 0 Å². The highest BCUT2D eigenvalue weighted by molar-refractivity contribution is 5.76. The average molecular weight is 211 g/mol. The molecule has 86 valence electrons. The maximum absolute atomic E-state index is 11.6. The Morgan fingerprint density at radius 2 is 1.87 bits per heavy atom. The quantitative estimate of drug-likeness (QED) is 0.654. The molecule has 3 heteroatoms. The van der Waals surface area contributed by atoms with Crippen LogP contribution in [0.3, 0.4) is 0 Å². The van der Waals surface area contributed by atoms with E-state index in [1.165, 1.54) is 39.2 Å². The van der Waals surface area contributed by atoms with Gasteiger partial charge in [0.25, 0.3) is 0 Å². The van der Waals surface area contributed by atoms with Crippen molar-refractivity contribution in [1.29, 1.82) is 0 Å². The molecule has 15 heavy (non-hydrogen) atoms. The van der Waals surface area contributed by atoms with Crippen LogP contribution in [-0.2, 0) is 9.53 Å². The van der Waals surface area contributed by atoms with Gasteiger partial charge in [0.1, 0.15) is 6.04 Å². The molecule has 0 radical (unpaired) electrons. The van der Waals surface area contributed by atoms with Gasteiger partial charge in [0.15, 0.2) is 0 Å². The van der Waals surface area contributed by atoms with Gasteiger partial charge in [0, 0.05) is 6.04 Å². The van der Waals surface area contributed by atoms with Crippen molar-refractivity contribution in [2.75, 3.05) is 13.7 Å². The van der Waals surface area contributed by atoms with Gasteiger partial charge >= 0.3 is 5.97 Å². The molecule has 2 fully saturated rings. The first-order chi connectivity index (χ1) is 7.33. The van der Waals surface area contributed by atoms with Crippen LogP contribution in [0.4, 0.5) is 0 Å². The van der Waals surface area contributed by atoms with Crippen molar-refractivity contribution < 1.29 is 9.53 Å². The summed E-state index contributed by atoms with van der Waals surface area (Å²) in [5, 5.41) is 0. The van der Waals surface area contributed by atoms with Gasteiger partial charge in [-0.05, 0) is 32.2 Å². The summed E-state index contributed by atoms with van der Waals surface area (Å²) in [7, 11) is 1.50. The molecule has 1 aliphatic carbocycles. The molecule has 1 atom stereocenters. The largest absolute Gasteiger partial charge is 0.468 e. The van der Waals surface area contributed by atoms with Crippen molar-refractivity contribution in [3.8, 4) is 0 Å². The lowest BCUT2D eigenvalue weighted by Crippen LogP contribution is -2.44. The molecule has 0 spiro atoms. The molecule has 1 saturated heterocycles. The molecule has 0 aromatic carbocycles. The summed E-state index contributed by atoms with van der Waals surface area (Å²) in [6, 6.07) is 0.698. The second-order valence-corrected chi connectivity index (χ2v) is 4.71. The molecule has 0 amide bonds. The smallest absolute Gasteiger partial charge is 0.323 e. The summed E-state index contributed by atoms with van der Waals surface area (Å²) >= 11 is 0. The maximum Gasteiger partial charge on any atom is 0.323 e. The molecular weight excluding hydrogens is 190 g/mol. The third-order valence-corrected chi connectivity index (χ3v) is 3.81. The van der Waals surface area contributed by atoms with Gasteiger partial charge in [-0.15, -0.1) is 0 Å². The van der Waals surface area contributed by atoms with Gasteiger partial charge in [0.05, 0.1) is 7.11 Å². The molecule has 1 heterocycles. The predicted molar refractivity (Wildman–Crippen MR) is 58.6 cm³/mol. The summed E-state index contributed by atoms with van der Waals surface area (Å²) < 4.78 is 4.87. The molecule has 2 rings (SSSR count). The van der Waals surface area contributed by atoms with Crippen LogP contribution in [0.5, 0.6) is 0 Å². The van der Waals surface area contributed by atoms with Gasteiger partial charge in [-0.1, -0.05) is 19.3 Å². The summed E-state index contributed by atoms with van der Waals surface area (Å²) in [5.41, 5.74) is 0. The highest BCUT2D eigenvalue weighted by Gasteiger charge is 2.36. The second kappa shape index (κ2) is 4.97. The van der Waals surface area contributed by atoms with Crippen LogP contribution in [0.15, 0.2) is 0 Å². The Morgan fingerprint density at radius 3 is 2.53 bits per heavy atom. The predicted octanol–water partition coefficient (Wildman–Crippen LogP) is 1.96. The number of hydrogen-bond donors (Lipinski definition) is 0. The van der Waals surface area contributed by atoms with Crippen LogP contribution >= 0.6 is 0 Å². The van der Waals surface area contributed by atoms with E-state index >= 15 is 0 Å². The molecule has 0 aromatic heterocycles. The third kappa shape index (κ3) is 2.33. The van der Waals surface area contributed by atoms with Crippen molar-refractivity contribution in [2.24, 2.45) is 0 Å². The summed E-state index contributed by atoms with van der Waals surface area (Å²) in [5.74, 6) is -0.0296. The van der Waals surface area contributed by atoms with Crippen LogP contribution in [0.25, 0.3) is 0 Å². The fourth-order valence-corrected chi connectivity index (χ4v) is 3.03. The van der Waals surface area contributed by atoms with Gasteiger partial charge < -0.3 is 4.74 Å². The monoisotopic (exact) mass is 211 g/mol. The molecule has 0 bridgehead atoms. The van der Waals surface area contributed by atoms with E-state index in [1.807, 2.05) is 0 Å². The van der Waals surface area contributed by atoms with E-state index in [2.05, 4.69) is 4.90 Å². The van der Waals surface area contributed by atoms with Gasteiger partial charge in [0.2, 0.25) is 0 Å². The van der Waals surface area contributed by atoms with E-state index in [4.69, 9.17) is 4.74 Å². The second-order valence-electron chi connectivity index (χ2n) is 4.71. The maximum atomic E-state index is 11.6. The zero-order valence-corrected chi connectivity index (χ0v) is 9.58. The van der Waals surface area contributed by atoms with Crippen LogP contribution in [-0.4, -0.2) is 36.6 Å². The van der Waals surface area contributed by atoms with E-state index < -0.39 is 0 Å². The lowest BCUT2D eigenvalue weighted by molar-refractivity contribution is -0.146. The number of esters is 1. The number of methoxy groups -OCH3 is 1. The van der Waals surface area contributed by atoms with Gasteiger partial charge in [-0.25, -0.2) is 0 Å². The Bertz CT molecular complexity index is 224. The number of ether oxygens (including phenoxy) is 1. The summed E-state index contributed by atoms with van der Waals surface area (Å²) in [6.07, 6.45) is 8.71. The SMILES string of the molecule is COC(=O)C1CCCN1C1CCCCC1. The third-order valence-electron chi connectivity index (χ3n) is 3.81. The minimum atomic E-state index is -0.0296. The van der Waals surface area contributed by atoms with Crippen molar-refractivity contribution >= 4 is 5.97 Å². The van der Waals surface area contributed by atoms with E-state index in [0.29, 0.717) is 6.04 Å². The van der Waals surface area contributed by atoms with Crippen molar-refractivity contribution in [3.05, 3.63) is 0 Å². The van der Waals surface area contributed by atoms with E-state index in [0.717, 1.165) is 19.4 Å². The van der Waals surface area contributed by atoms with Crippen molar-refractivity contribution in [1.82, 2.24) is 4.90 Å². The zero-order chi connectivity index (χ0) is 10.7. The normalized spacial score (nSPS) is 29.3. The minimum absolute atomic E-state index is 0.0296. The number of nitrogens with zero attached hydrogens (tertiary/aromatic N) is 1. The molecule has 3 nitrogen and oxygen atoms in total. The van der Waals surface area contributed by atoms with E-state index in [9.17, 15) is 4.79 Å². The Labute approximate surface area is 91.8 Å². The Kier molecular flexibility index (Phi) is 3.62. The first-order valence-electron chi connectivity index (χ1n) is 6.16. The molecule has 1 saturated carbocycles. The fourth-order valence-electron chi connectivity index (χ4n) is 3.03. The standard InChI is InChI=1S/C12H21NO2/c1-15-12(14)11-8-5-9-13(11)10-6-3-2-4-7-10/h10-11H,2-9H2,1H3. The molecule has 0 aromatic rings. The zero-order valence-electron chi connectivity index (χ0n) is 9.58. The minimum Gasteiger partial charge on any atom is -0.468 e. The van der Waals surface area contributed by atoms with Crippen molar-refractivity contribution in [2.45, 2.75) is 57.0 Å². The highest BCUT2D eigenvalue weighted by atomic mass is 16.5. The summed E-state index contributed by atoms with van der Waals surface area (Å²) in [6.45, 7) is 1.09. The molecule has 2 aliphatic rings. The van der Waals surface area contributed by atoms with Crippen molar-refractivity contribution in [3.63, 3.8) is 0 Å². The number of rotatable bonds is 2. The Morgan fingerprint density at radius 1 is 1.13 bits per heavy atom. The van der Waals surface area contributed by atoms with E-state index in [1.54, 1.807) is 0 Å². The number of likely N-dealkylation sites (tertiary alicyclic amines) is 1. The first kappa shape index (κ1) is 10.9. The Hall–Kier alpha value is -0.570. The molecule has 1 aliphatic heterocycles. The number of carbonyl (C=O) groups is 1. The molecular formula is C12H21NO2. The van der Waals surface area contributed by atoms with Crippen LogP contribution in [0.2, 0.25) is 0 Å². The molecule has 0 N–H and O–H groups in total. The lowest BCUT2D eigenvalue weighted by atomic mass is 9.94. The Balaban J connectivity index is 1.97. The van der Waals surface area contributed by atoms with Crippen LogP contribution < -0.4 is 0 Å². The fraction of sp³-hybridized carbons (Fsp3) is 0.917. The first-order valence-corrected chi connectivity index (χ1v) is 6.16. The van der Waals surface area contributed by atoms with E-state index in [-0.39, 0.29) is 12.0 Å². The van der Waals surface area contributed by atoms with Crippen LogP contribution in [0.1, 0.15) is 44.9 Å². The molecule has 1 unspecified atom stereocenters. The number of hydrogen-bond acceptors (Lipinski definition) is 3. The number of carbonyl (C=O) groups excluding carboxylic acids is 1. The highest BCUT2D eigenvalue weighted by Crippen LogP contribution is 2.29. The lowest BCUT2D eigenvalue weighted by Gasteiger charge is -2.34.